The maximum Gasteiger partial charge on any atom is 0.188 e. The van der Waals surface area contributed by atoms with Crippen molar-refractivity contribution in [2.24, 2.45) is 23.7 Å². The molecule has 0 unspecified atom stereocenters. The highest BCUT2D eigenvalue weighted by molar-refractivity contribution is 5.51. The Balaban J connectivity index is 0.000000261. The van der Waals surface area contributed by atoms with Gasteiger partial charge in [0, 0.05) is 45.2 Å². The molecular weight excluding hydrogens is 873 g/mol. The van der Waals surface area contributed by atoms with E-state index in [4.69, 9.17) is 37.9 Å². The molecule has 2 fully saturated rings. The minimum atomic E-state index is 0.203. The number of benzene rings is 4. The first kappa shape index (κ1) is 54.1. The van der Waals surface area contributed by atoms with Crippen LogP contribution in [0.25, 0.3) is 0 Å². The van der Waals surface area contributed by atoms with Crippen LogP contribution < -0.4 is 0 Å². The summed E-state index contributed by atoms with van der Waals surface area (Å²) in [5.41, 5.74) is 10.5. The SMILES string of the molecule is C=COCOCc1ccc(C#Cc2ccc(C#CC3CCC(COCOC=C)CC3)cc2C)cc1.C=COCOCc1ccc(C#Cc2ccc(C#CC3CCC(COCOC=C)CC3)cc2C)cc1. The molecule has 0 atom stereocenters. The molecule has 0 radical (unpaired) electrons. The number of aryl methyl sites for hydroxylation is 2. The van der Waals surface area contributed by atoms with Gasteiger partial charge in [-0.25, -0.2) is 0 Å². The largest absolute Gasteiger partial charge is 0.476 e. The molecule has 0 amide bonds. The minimum absolute atomic E-state index is 0.203. The molecule has 0 bridgehead atoms. The van der Waals surface area contributed by atoms with Crippen LogP contribution in [0.5, 0.6) is 0 Å². The summed E-state index contributed by atoms with van der Waals surface area (Å²) in [6.07, 6.45) is 14.7. The van der Waals surface area contributed by atoms with Gasteiger partial charge < -0.3 is 37.9 Å². The third kappa shape index (κ3) is 20.8. The molecule has 4 aromatic rings. The zero-order valence-corrected chi connectivity index (χ0v) is 41.1. The predicted molar refractivity (Wildman–Crippen MR) is 278 cm³/mol. The van der Waals surface area contributed by atoms with Crippen molar-refractivity contribution in [1.29, 1.82) is 0 Å². The Kier molecular flexibility index (Phi) is 24.7. The van der Waals surface area contributed by atoms with Gasteiger partial charge in [0.05, 0.1) is 51.5 Å². The molecule has 6 rings (SSSR count). The minimum Gasteiger partial charge on any atom is -0.476 e. The first-order valence-electron chi connectivity index (χ1n) is 24.0. The molecule has 0 saturated heterocycles. The molecule has 0 N–H and O–H groups in total. The maximum atomic E-state index is 5.52. The number of ether oxygens (including phenoxy) is 8. The Hall–Kier alpha value is -6.88. The summed E-state index contributed by atoms with van der Waals surface area (Å²) >= 11 is 0. The highest BCUT2D eigenvalue weighted by Gasteiger charge is 2.21. The van der Waals surface area contributed by atoms with Crippen LogP contribution in [0.15, 0.2) is 136 Å². The average molecular weight is 941 g/mol. The Morgan fingerprint density at radius 1 is 0.414 bits per heavy atom. The first-order valence-corrected chi connectivity index (χ1v) is 24.0. The van der Waals surface area contributed by atoms with E-state index in [0.29, 0.717) is 36.9 Å². The average Bonchev–Trinajstić information content (AvgIpc) is 3.39. The van der Waals surface area contributed by atoms with Crippen LogP contribution in [0, 0.1) is 84.9 Å². The topological polar surface area (TPSA) is 73.8 Å². The molecule has 364 valence electrons. The van der Waals surface area contributed by atoms with Gasteiger partial charge in [0.1, 0.15) is 0 Å². The summed E-state index contributed by atoms with van der Waals surface area (Å²) in [6.45, 7) is 21.6. The fourth-order valence-corrected chi connectivity index (χ4v) is 7.86. The molecule has 2 aliphatic rings. The summed E-state index contributed by atoms with van der Waals surface area (Å²) < 4.78 is 41.8. The van der Waals surface area contributed by atoms with Gasteiger partial charge in [-0.2, -0.15) is 0 Å². The van der Waals surface area contributed by atoms with Gasteiger partial charge in [-0.1, -0.05) is 97.9 Å². The highest BCUT2D eigenvalue weighted by atomic mass is 16.7. The molecule has 0 spiro atoms. The van der Waals surface area contributed by atoms with Crippen molar-refractivity contribution in [2.45, 2.75) is 78.4 Å². The van der Waals surface area contributed by atoms with E-state index in [2.05, 4.69) is 124 Å². The van der Waals surface area contributed by atoms with Crippen molar-refractivity contribution in [3.63, 3.8) is 0 Å². The highest BCUT2D eigenvalue weighted by Crippen LogP contribution is 2.30. The molecule has 2 aliphatic carbocycles. The van der Waals surface area contributed by atoms with Crippen LogP contribution in [0.4, 0.5) is 0 Å². The zero-order valence-electron chi connectivity index (χ0n) is 41.1. The van der Waals surface area contributed by atoms with Crippen LogP contribution in [-0.4, -0.2) is 40.4 Å². The lowest BCUT2D eigenvalue weighted by molar-refractivity contribution is -0.0313. The van der Waals surface area contributed by atoms with Crippen LogP contribution in [0.3, 0.4) is 0 Å². The summed E-state index contributed by atoms with van der Waals surface area (Å²) in [5, 5.41) is 0. The van der Waals surface area contributed by atoms with E-state index >= 15 is 0 Å². The van der Waals surface area contributed by atoms with E-state index in [-0.39, 0.29) is 27.2 Å². The molecule has 8 heteroatoms. The van der Waals surface area contributed by atoms with Crippen molar-refractivity contribution in [3.8, 4) is 47.4 Å². The quantitative estimate of drug-likeness (QED) is 0.0375. The van der Waals surface area contributed by atoms with E-state index in [1.165, 1.54) is 25.0 Å². The number of hydrogen-bond donors (Lipinski definition) is 0. The summed E-state index contributed by atoms with van der Waals surface area (Å²) in [5.74, 6) is 28.9. The molecular formula is C62H68O8. The zero-order chi connectivity index (χ0) is 49.4. The van der Waals surface area contributed by atoms with Gasteiger partial charge in [0.25, 0.3) is 0 Å². The molecule has 2 saturated carbocycles. The lowest BCUT2D eigenvalue weighted by Crippen LogP contribution is -2.18. The van der Waals surface area contributed by atoms with Gasteiger partial charge in [0.15, 0.2) is 27.2 Å². The van der Waals surface area contributed by atoms with Gasteiger partial charge in [-0.3, -0.25) is 0 Å². The normalized spacial score (nSPS) is 16.7. The molecule has 0 aromatic heterocycles. The van der Waals surface area contributed by atoms with Crippen molar-refractivity contribution in [3.05, 3.63) is 192 Å². The van der Waals surface area contributed by atoms with Crippen LogP contribution in [0.1, 0.15) is 107 Å². The van der Waals surface area contributed by atoms with Crippen molar-refractivity contribution >= 4 is 0 Å². The third-order valence-corrected chi connectivity index (χ3v) is 11.9. The van der Waals surface area contributed by atoms with E-state index in [1.807, 2.05) is 48.5 Å². The fraction of sp³-hybridized carbons (Fsp3) is 0.355. The molecule has 0 aliphatic heterocycles. The fourth-order valence-electron chi connectivity index (χ4n) is 7.86. The maximum absolute atomic E-state index is 5.52. The monoisotopic (exact) mass is 940 g/mol. The summed E-state index contributed by atoms with van der Waals surface area (Å²) in [6, 6.07) is 28.6. The van der Waals surface area contributed by atoms with Gasteiger partial charge in [0.2, 0.25) is 0 Å². The molecule has 8 nitrogen and oxygen atoms in total. The molecule has 70 heavy (non-hydrogen) atoms. The summed E-state index contributed by atoms with van der Waals surface area (Å²) in [4.78, 5) is 0. The predicted octanol–water partition coefficient (Wildman–Crippen LogP) is 12.6. The second-order valence-corrected chi connectivity index (χ2v) is 17.2. The number of rotatable bonds is 20. The Morgan fingerprint density at radius 3 is 1.10 bits per heavy atom. The van der Waals surface area contributed by atoms with E-state index in [1.54, 1.807) is 0 Å². The van der Waals surface area contributed by atoms with Crippen LogP contribution in [0.2, 0.25) is 0 Å². The van der Waals surface area contributed by atoms with Crippen LogP contribution in [-0.2, 0) is 51.1 Å². The van der Waals surface area contributed by atoms with E-state index in [0.717, 1.165) is 120 Å². The lowest BCUT2D eigenvalue weighted by Gasteiger charge is -2.25. The lowest BCUT2D eigenvalue weighted by atomic mass is 9.82. The second kappa shape index (κ2) is 32.0. The Morgan fingerprint density at radius 2 is 0.757 bits per heavy atom. The van der Waals surface area contributed by atoms with Crippen molar-refractivity contribution in [2.75, 3.05) is 40.4 Å². The van der Waals surface area contributed by atoms with Gasteiger partial charge >= 0.3 is 0 Å². The van der Waals surface area contributed by atoms with Crippen LogP contribution >= 0.6 is 0 Å². The van der Waals surface area contributed by atoms with Gasteiger partial charge in [-0.05, 0) is 160 Å². The van der Waals surface area contributed by atoms with E-state index < -0.39 is 0 Å². The first-order chi connectivity index (χ1) is 34.3. The third-order valence-electron chi connectivity index (χ3n) is 11.9. The summed E-state index contributed by atoms with van der Waals surface area (Å²) in [7, 11) is 0. The second-order valence-electron chi connectivity index (χ2n) is 17.2. The molecule has 4 aromatic carbocycles. The van der Waals surface area contributed by atoms with Crippen molar-refractivity contribution < 1.29 is 37.9 Å². The van der Waals surface area contributed by atoms with E-state index in [9.17, 15) is 0 Å². The van der Waals surface area contributed by atoms with Gasteiger partial charge in [-0.15, -0.1) is 0 Å². The van der Waals surface area contributed by atoms with Crippen molar-refractivity contribution in [1.82, 2.24) is 0 Å². The smallest absolute Gasteiger partial charge is 0.188 e. The molecule has 0 heterocycles. The Bertz CT molecular complexity index is 2320. The Labute approximate surface area is 418 Å². The standard InChI is InChI=1S/2C31H34O4/c2*1-4-32-23-34-21-29-12-7-26(8-13-29)6-11-28-17-19-31(25(3)20-28)18-16-27-9-14-30(15-10-27)22-35-24-33-5-2/h2*4-5,9-10,14-15,17,19-20,26,29H,1-2,7-8,12-13,21-24H2,3H3. The number of hydrogen-bond acceptors (Lipinski definition) is 8.